The SMILES string of the molecule is CCCCOCCCNC(C)Cc1ccc2c(c1)NCCO2. The van der Waals surface area contributed by atoms with Crippen LogP contribution in [-0.2, 0) is 11.2 Å². The van der Waals surface area contributed by atoms with Crippen molar-refractivity contribution < 1.29 is 9.47 Å². The van der Waals surface area contributed by atoms with Crippen LogP contribution in [0.3, 0.4) is 0 Å². The number of rotatable bonds is 10. The molecule has 1 heterocycles. The van der Waals surface area contributed by atoms with Crippen LogP contribution in [-0.4, -0.2) is 39.0 Å². The number of hydrogen-bond donors (Lipinski definition) is 2. The molecule has 4 nitrogen and oxygen atoms in total. The zero-order valence-electron chi connectivity index (χ0n) is 14.0. The van der Waals surface area contributed by atoms with Crippen molar-refractivity contribution >= 4 is 5.69 Å². The summed E-state index contributed by atoms with van der Waals surface area (Å²) in [6.45, 7) is 8.85. The minimum Gasteiger partial charge on any atom is -0.490 e. The van der Waals surface area contributed by atoms with Crippen LogP contribution in [0.5, 0.6) is 5.75 Å². The highest BCUT2D eigenvalue weighted by atomic mass is 16.5. The maximum Gasteiger partial charge on any atom is 0.142 e. The van der Waals surface area contributed by atoms with E-state index in [2.05, 4.69) is 42.7 Å². The van der Waals surface area contributed by atoms with Gasteiger partial charge in [-0.25, -0.2) is 0 Å². The molecule has 1 aliphatic rings. The van der Waals surface area contributed by atoms with E-state index < -0.39 is 0 Å². The molecule has 0 amide bonds. The minimum absolute atomic E-state index is 0.471. The minimum atomic E-state index is 0.471. The lowest BCUT2D eigenvalue weighted by Gasteiger charge is -2.20. The number of nitrogens with one attached hydrogen (secondary N) is 2. The van der Waals surface area contributed by atoms with Crippen LogP contribution in [0.25, 0.3) is 0 Å². The molecule has 1 unspecified atom stereocenters. The predicted octanol–water partition coefficient (Wildman–Crippen LogP) is 3.22. The molecule has 0 saturated heterocycles. The topological polar surface area (TPSA) is 42.5 Å². The van der Waals surface area contributed by atoms with Crippen LogP contribution in [0.1, 0.15) is 38.7 Å². The van der Waals surface area contributed by atoms with Crippen LogP contribution >= 0.6 is 0 Å². The Morgan fingerprint density at radius 3 is 3.05 bits per heavy atom. The molecule has 2 N–H and O–H groups in total. The Bertz CT molecular complexity index is 437. The molecule has 124 valence electrons. The van der Waals surface area contributed by atoms with Gasteiger partial charge in [0, 0.05) is 25.8 Å². The van der Waals surface area contributed by atoms with Crippen LogP contribution in [0.2, 0.25) is 0 Å². The van der Waals surface area contributed by atoms with Gasteiger partial charge in [-0.2, -0.15) is 0 Å². The molecule has 0 saturated carbocycles. The number of benzene rings is 1. The van der Waals surface area contributed by atoms with Gasteiger partial charge in [-0.3, -0.25) is 0 Å². The van der Waals surface area contributed by atoms with Crippen molar-refractivity contribution in [2.24, 2.45) is 0 Å². The summed E-state index contributed by atoms with van der Waals surface area (Å²) < 4.78 is 11.2. The summed E-state index contributed by atoms with van der Waals surface area (Å²) in [5.41, 5.74) is 2.47. The van der Waals surface area contributed by atoms with Crippen molar-refractivity contribution in [3.05, 3.63) is 23.8 Å². The summed E-state index contributed by atoms with van der Waals surface area (Å²) in [6, 6.07) is 6.92. The maximum atomic E-state index is 5.61. The van der Waals surface area contributed by atoms with Gasteiger partial charge in [0.05, 0.1) is 5.69 Å². The van der Waals surface area contributed by atoms with Crippen molar-refractivity contribution in [1.82, 2.24) is 5.32 Å². The lowest BCUT2D eigenvalue weighted by atomic mass is 10.1. The molecule has 1 aromatic rings. The third kappa shape index (κ3) is 5.85. The quantitative estimate of drug-likeness (QED) is 0.651. The Kier molecular flexibility index (Phi) is 7.54. The lowest BCUT2D eigenvalue weighted by molar-refractivity contribution is 0.128. The van der Waals surface area contributed by atoms with E-state index in [1.807, 2.05) is 0 Å². The molecule has 0 bridgehead atoms. The van der Waals surface area contributed by atoms with E-state index in [-0.39, 0.29) is 0 Å². The Morgan fingerprint density at radius 2 is 2.18 bits per heavy atom. The molecule has 0 radical (unpaired) electrons. The van der Waals surface area contributed by atoms with Gasteiger partial charge in [0.25, 0.3) is 0 Å². The summed E-state index contributed by atoms with van der Waals surface area (Å²) in [6.07, 6.45) is 4.48. The normalized spacial score (nSPS) is 14.8. The summed E-state index contributed by atoms with van der Waals surface area (Å²) in [5.74, 6) is 0.972. The Labute approximate surface area is 134 Å². The predicted molar refractivity (Wildman–Crippen MR) is 91.9 cm³/mol. The van der Waals surface area contributed by atoms with E-state index in [0.29, 0.717) is 6.04 Å². The van der Waals surface area contributed by atoms with Gasteiger partial charge in [-0.05, 0) is 50.4 Å². The lowest BCUT2D eigenvalue weighted by Crippen LogP contribution is -2.29. The molecular formula is C18H30N2O2. The second kappa shape index (κ2) is 9.70. The fraction of sp³-hybridized carbons (Fsp3) is 0.667. The molecule has 22 heavy (non-hydrogen) atoms. The van der Waals surface area contributed by atoms with Gasteiger partial charge in [0.1, 0.15) is 12.4 Å². The number of anilines is 1. The third-order valence-electron chi connectivity index (χ3n) is 3.86. The summed E-state index contributed by atoms with van der Waals surface area (Å²) in [7, 11) is 0. The van der Waals surface area contributed by atoms with Crippen molar-refractivity contribution in [3.8, 4) is 5.75 Å². The molecule has 0 aromatic heterocycles. The Balaban J connectivity index is 1.63. The van der Waals surface area contributed by atoms with E-state index in [1.54, 1.807) is 0 Å². The number of hydrogen-bond acceptors (Lipinski definition) is 4. The fourth-order valence-corrected chi connectivity index (χ4v) is 2.61. The van der Waals surface area contributed by atoms with Crippen molar-refractivity contribution in [1.29, 1.82) is 0 Å². The second-order valence-electron chi connectivity index (χ2n) is 5.98. The van der Waals surface area contributed by atoms with E-state index >= 15 is 0 Å². The third-order valence-corrected chi connectivity index (χ3v) is 3.86. The fourth-order valence-electron chi connectivity index (χ4n) is 2.61. The second-order valence-corrected chi connectivity index (χ2v) is 5.98. The van der Waals surface area contributed by atoms with E-state index in [0.717, 1.165) is 57.2 Å². The molecule has 4 heteroatoms. The largest absolute Gasteiger partial charge is 0.490 e. The van der Waals surface area contributed by atoms with E-state index in [9.17, 15) is 0 Å². The van der Waals surface area contributed by atoms with Crippen LogP contribution in [0, 0.1) is 0 Å². The monoisotopic (exact) mass is 306 g/mol. The molecule has 1 aromatic carbocycles. The highest BCUT2D eigenvalue weighted by Gasteiger charge is 2.11. The zero-order chi connectivity index (χ0) is 15.6. The molecule has 0 fully saturated rings. The smallest absolute Gasteiger partial charge is 0.142 e. The maximum absolute atomic E-state index is 5.61. The van der Waals surface area contributed by atoms with Crippen LogP contribution in [0.4, 0.5) is 5.69 Å². The van der Waals surface area contributed by atoms with E-state index in [4.69, 9.17) is 9.47 Å². The first-order valence-corrected chi connectivity index (χ1v) is 8.60. The number of fused-ring (bicyclic) bond motifs is 1. The van der Waals surface area contributed by atoms with Crippen molar-refractivity contribution in [2.45, 2.75) is 45.6 Å². The Hall–Kier alpha value is -1.26. The summed E-state index contributed by atoms with van der Waals surface area (Å²) in [4.78, 5) is 0. The molecule has 1 aliphatic heterocycles. The first-order valence-electron chi connectivity index (χ1n) is 8.60. The van der Waals surface area contributed by atoms with Crippen LogP contribution < -0.4 is 15.4 Å². The van der Waals surface area contributed by atoms with Gasteiger partial charge in [0.15, 0.2) is 0 Å². The highest BCUT2D eigenvalue weighted by molar-refractivity contribution is 5.59. The van der Waals surface area contributed by atoms with Crippen molar-refractivity contribution in [2.75, 3.05) is 38.2 Å². The average Bonchev–Trinajstić information content (AvgIpc) is 2.54. The highest BCUT2D eigenvalue weighted by Crippen LogP contribution is 2.28. The van der Waals surface area contributed by atoms with Crippen LogP contribution in [0.15, 0.2) is 18.2 Å². The molecule has 0 spiro atoms. The molecule has 1 atom stereocenters. The standard InChI is InChI=1S/C18H30N2O2/c1-3-4-10-21-11-5-8-19-15(2)13-16-6-7-18-17(14-16)20-9-12-22-18/h6-7,14-15,19-20H,3-5,8-13H2,1-2H3. The molecule has 2 rings (SSSR count). The summed E-state index contributed by atoms with van der Waals surface area (Å²) >= 11 is 0. The van der Waals surface area contributed by atoms with Gasteiger partial charge in [0.2, 0.25) is 0 Å². The van der Waals surface area contributed by atoms with Crippen molar-refractivity contribution in [3.63, 3.8) is 0 Å². The first-order chi connectivity index (χ1) is 10.8. The number of unbranched alkanes of at least 4 members (excludes halogenated alkanes) is 1. The van der Waals surface area contributed by atoms with E-state index in [1.165, 1.54) is 18.4 Å². The summed E-state index contributed by atoms with van der Waals surface area (Å²) in [5, 5.41) is 6.96. The molecular weight excluding hydrogens is 276 g/mol. The number of ether oxygens (including phenoxy) is 2. The van der Waals surface area contributed by atoms with Gasteiger partial charge >= 0.3 is 0 Å². The van der Waals surface area contributed by atoms with Gasteiger partial charge in [-0.1, -0.05) is 19.4 Å². The zero-order valence-corrected chi connectivity index (χ0v) is 14.0. The molecule has 0 aliphatic carbocycles. The first kappa shape index (κ1) is 17.1. The van der Waals surface area contributed by atoms with Gasteiger partial charge < -0.3 is 20.1 Å². The average molecular weight is 306 g/mol. The van der Waals surface area contributed by atoms with Gasteiger partial charge in [-0.15, -0.1) is 0 Å². The Morgan fingerprint density at radius 1 is 1.32 bits per heavy atom.